The number of rotatable bonds is 11. The van der Waals surface area contributed by atoms with Crippen LogP contribution in [-0.4, -0.2) is 69.7 Å². The van der Waals surface area contributed by atoms with Gasteiger partial charge in [-0.15, -0.1) is 0 Å². The Morgan fingerprint density at radius 1 is 1.16 bits per heavy atom. The smallest absolute Gasteiger partial charge is 0.256 e. The number of carbonyl (C=O) groups is 3. The van der Waals surface area contributed by atoms with Crippen LogP contribution in [0.15, 0.2) is 18.2 Å². The number of amides is 3. The van der Waals surface area contributed by atoms with Gasteiger partial charge in [-0.1, -0.05) is 0 Å². The van der Waals surface area contributed by atoms with Gasteiger partial charge in [0.15, 0.2) is 0 Å². The molecule has 37 heavy (non-hydrogen) atoms. The van der Waals surface area contributed by atoms with E-state index in [2.05, 4.69) is 15.6 Å². The van der Waals surface area contributed by atoms with Crippen molar-refractivity contribution in [3.8, 4) is 0 Å². The Balaban J connectivity index is 1.59. The van der Waals surface area contributed by atoms with Crippen LogP contribution in [-0.2, 0) is 9.59 Å². The summed E-state index contributed by atoms with van der Waals surface area (Å²) in [4.78, 5) is 42.2. The number of benzene rings is 1. The molecule has 2 aromatic rings. The van der Waals surface area contributed by atoms with Gasteiger partial charge in [-0.25, -0.2) is 4.39 Å². The molecule has 200 valence electrons. The molecule has 0 saturated heterocycles. The maximum Gasteiger partial charge on any atom is 0.256 e. The lowest BCUT2D eigenvalue weighted by Crippen LogP contribution is -2.34. The lowest BCUT2D eigenvalue weighted by molar-refractivity contribution is -0.133. The molecule has 0 fully saturated rings. The van der Waals surface area contributed by atoms with Crippen molar-refractivity contribution in [1.82, 2.24) is 15.2 Å². The first-order valence-corrected chi connectivity index (χ1v) is 12.5. The Bertz CT molecular complexity index is 1200. The summed E-state index contributed by atoms with van der Waals surface area (Å²) in [7, 11) is 0. The summed E-state index contributed by atoms with van der Waals surface area (Å²) < 4.78 is 13.7. The number of hydrogen-bond acceptors (Lipinski definition) is 5. The van der Waals surface area contributed by atoms with Gasteiger partial charge >= 0.3 is 0 Å². The Kier molecular flexibility index (Phi) is 9.23. The first kappa shape index (κ1) is 28.1. The number of fused-ring (bicyclic) bond motifs is 1. The van der Waals surface area contributed by atoms with Gasteiger partial charge in [0.25, 0.3) is 11.8 Å². The third-order valence-corrected chi connectivity index (χ3v) is 6.59. The molecule has 3 amide bonds. The van der Waals surface area contributed by atoms with E-state index in [4.69, 9.17) is 0 Å². The van der Waals surface area contributed by atoms with Gasteiger partial charge < -0.3 is 30.7 Å². The molecule has 3 rings (SSSR count). The quantitative estimate of drug-likeness (QED) is 0.294. The van der Waals surface area contributed by atoms with Crippen LogP contribution in [0.2, 0.25) is 0 Å². The van der Waals surface area contributed by atoms with Crippen LogP contribution in [0.3, 0.4) is 0 Å². The van der Waals surface area contributed by atoms with Crippen molar-refractivity contribution in [3.05, 3.63) is 52.1 Å². The van der Waals surface area contributed by atoms with Gasteiger partial charge in [-0.05, 0) is 70.4 Å². The molecule has 10 heteroatoms. The topological polar surface area (TPSA) is 135 Å². The molecule has 2 heterocycles. The van der Waals surface area contributed by atoms with E-state index < -0.39 is 18.0 Å². The molecule has 0 radical (unpaired) electrons. The summed E-state index contributed by atoms with van der Waals surface area (Å²) >= 11 is 0. The maximum atomic E-state index is 13.7. The summed E-state index contributed by atoms with van der Waals surface area (Å²) in [5.74, 6) is -1.31. The van der Waals surface area contributed by atoms with Crippen molar-refractivity contribution in [2.24, 2.45) is 0 Å². The zero-order chi connectivity index (χ0) is 27.3. The number of aromatic nitrogens is 1. The second kappa shape index (κ2) is 12.2. The second-order valence-electron chi connectivity index (χ2n) is 9.22. The molecule has 2 atom stereocenters. The monoisotopic (exact) mass is 514 g/mol. The van der Waals surface area contributed by atoms with Crippen molar-refractivity contribution in [2.75, 3.05) is 25.0 Å². The van der Waals surface area contributed by atoms with E-state index in [0.717, 1.165) is 0 Å². The standard InChI is InChI=1S/C27H35FN4O5/c1-5-32(6-2)24(35)13-19(34)12-18(33)9-10-29-27(37)25-15(3)23(30-16(25)4)14-21-20-11-17(28)7-8-22(20)31-26(21)36/h7-8,11,14,18-19,30,33-34H,5-6,9-10,12-13H2,1-4H3,(H,29,37)(H,31,36)/t18-,19-/m1/s1. The van der Waals surface area contributed by atoms with E-state index in [-0.39, 0.29) is 43.5 Å². The first-order chi connectivity index (χ1) is 17.5. The maximum absolute atomic E-state index is 13.7. The van der Waals surface area contributed by atoms with Gasteiger partial charge in [0.05, 0.1) is 29.8 Å². The minimum atomic E-state index is -0.963. The second-order valence-corrected chi connectivity index (χ2v) is 9.22. The number of carbonyl (C=O) groups excluding carboxylic acids is 3. The van der Waals surface area contributed by atoms with Gasteiger partial charge in [0.1, 0.15) is 5.82 Å². The summed E-state index contributed by atoms with van der Waals surface area (Å²) in [5, 5.41) is 25.9. The minimum absolute atomic E-state index is 0.0347. The summed E-state index contributed by atoms with van der Waals surface area (Å²) in [6.45, 7) is 8.52. The van der Waals surface area contributed by atoms with Crippen LogP contribution in [0, 0.1) is 19.7 Å². The average Bonchev–Trinajstić information content (AvgIpc) is 3.28. The summed E-state index contributed by atoms with van der Waals surface area (Å²) in [5.41, 5.74) is 3.49. The predicted molar refractivity (Wildman–Crippen MR) is 139 cm³/mol. The first-order valence-electron chi connectivity index (χ1n) is 12.5. The van der Waals surface area contributed by atoms with Crippen LogP contribution in [0.25, 0.3) is 11.6 Å². The number of anilines is 1. The molecule has 0 spiro atoms. The fourth-order valence-corrected chi connectivity index (χ4v) is 4.57. The van der Waals surface area contributed by atoms with Gasteiger partial charge in [0, 0.05) is 42.3 Å². The lowest BCUT2D eigenvalue weighted by atomic mass is 10.0. The molecule has 0 aliphatic carbocycles. The molecular formula is C27H35FN4O5. The molecule has 5 N–H and O–H groups in total. The number of aryl methyl sites for hydroxylation is 1. The summed E-state index contributed by atoms with van der Waals surface area (Å²) in [6, 6.07) is 4.07. The number of nitrogens with zero attached hydrogens (tertiary/aromatic N) is 1. The zero-order valence-electron chi connectivity index (χ0n) is 21.7. The number of aromatic amines is 1. The number of halogens is 1. The van der Waals surface area contributed by atoms with Crippen molar-refractivity contribution < 1.29 is 29.0 Å². The van der Waals surface area contributed by atoms with Crippen LogP contribution >= 0.6 is 0 Å². The highest BCUT2D eigenvalue weighted by Crippen LogP contribution is 2.34. The number of aliphatic hydroxyl groups is 2. The Labute approximate surface area is 215 Å². The Morgan fingerprint density at radius 3 is 2.54 bits per heavy atom. The number of H-pyrrole nitrogens is 1. The number of hydrogen-bond donors (Lipinski definition) is 5. The third kappa shape index (κ3) is 6.64. The lowest BCUT2D eigenvalue weighted by Gasteiger charge is -2.21. The van der Waals surface area contributed by atoms with Crippen molar-refractivity contribution in [3.63, 3.8) is 0 Å². The normalized spacial score (nSPS) is 15.3. The van der Waals surface area contributed by atoms with Gasteiger partial charge in [-0.2, -0.15) is 0 Å². The SMILES string of the molecule is CCN(CC)C(=O)C[C@H](O)C[C@H](O)CCNC(=O)c1c(C)[nH]c(C=C2C(=O)Nc3ccc(F)cc32)c1C. The average molecular weight is 515 g/mol. The van der Waals surface area contributed by atoms with Gasteiger partial charge in [-0.3, -0.25) is 14.4 Å². The molecule has 1 aromatic heterocycles. The molecule has 9 nitrogen and oxygen atoms in total. The Morgan fingerprint density at radius 2 is 1.86 bits per heavy atom. The van der Waals surface area contributed by atoms with E-state index in [1.807, 2.05) is 13.8 Å². The highest BCUT2D eigenvalue weighted by molar-refractivity contribution is 6.34. The molecule has 0 bridgehead atoms. The highest BCUT2D eigenvalue weighted by atomic mass is 19.1. The zero-order valence-corrected chi connectivity index (χ0v) is 21.7. The molecule has 0 saturated carbocycles. The number of nitrogens with one attached hydrogen (secondary N) is 3. The highest BCUT2D eigenvalue weighted by Gasteiger charge is 2.26. The molecular weight excluding hydrogens is 479 g/mol. The molecule has 1 aliphatic rings. The van der Waals surface area contributed by atoms with E-state index in [0.29, 0.717) is 52.4 Å². The third-order valence-electron chi connectivity index (χ3n) is 6.59. The van der Waals surface area contributed by atoms with Crippen molar-refractivity contribution >= 4 is 35.1 Å². The molecule has 1 aliphatic heterocycles. The van der Waals surface area contributed by atoms with Crippen molar-refractivity contribution in [1.29, 1.82) is 0 Å². The van der Waals surface area contributed by atoms with E-state index in [9.17, 15) is 29.0 Å². The fourth-order valence-electron chi connectivity index (χ4n) is 4.57. The van der Waals surface area contributed by atoms with E-state index in [1.165, 1.54) is 18.2 Å². The molecule has 1 aromatic carbocycles. The predicted octanol–water partition coefficient (Wildman–Crippen LogP) is 2.75. The Hall–Kier alpha value is -3.50. The largest absolute Gasteiger partial charge is 0.393 e. The van der Waals surface area contributed by atoms with Gasteiger partial charge in [0.2, 0.25) is 5.91 Å². The molecule has 0 unspecified atom stereocenters. The minimum Gasteiger partial charge on any atom is -0.393 e. The van der Waals surface area contributed by atoms with Crippen molar-refractivity contribution in [2.45, 2.75) is 59.2 Å². The van der Waals surface area contributed by atoms with Crippen LogP contribution < -0.4 is 10.6 Å². The van der Waals surface area contributed by atoms with Crippen LogP contribution in [0.5, 0.6) is 0 Å². The van der Waals surface area contributed by atoms with E-state index >= 15 is 0 Å². The summed E-state index contributed by atoms with van der Waals surface area (Å²) in [6.07, 6.45) is -0.0493. The van der Waals surface area contributed by atoms with Crippen LogP contribution in [0.4, 0.5) is 10.1 Å². The fraction of sp³-hybridized carbons (Fsp3) is 0.444. The van der Waals surface area contributed by atoms with E-state index in [1.54, 1.807) is 24.8 Å². The van der Waals surface area contributed by atoms with Crippen LogP contribution in [0.1, 0.15) is 66.0 Å². The number of aliphatic hydroxyl groups excluding tert-OH is 2.